The predicted molar refractivity (Wildman–Crippen MR) is 80.0 cm³/mol. The van der Waals surface area contributed by atoms with Crippen LogP contribution in [0.1, 0.15) is 5.56 Å². The fraction of sp³-hybridized carbons (Fsp3) is 0.250. The van der Waals surface area contributed by atoms with Crippen molar-refractivity contribution in [3.8, 4) is 0 Å². The molecule has 0 aliphatic rings. The Bertz CT molecular complexity index is 538. The Morgan fingerprint density at radius 3 is 3.00 bits per heavy atom. The van der Waals surface area contributed by atoms with Gasteiger partial charge in [0.1, 0.15) is 0 Å². The Hall–Kier alpha value is -0.390. The number of alkyl halides is 1. The highest BCUT2D eigenvalue weighted by atomic mass is 79.9. The van der Waals surface area contributed by atoms with E-state index in [-0.39, 0.29) is 5.91 Å². The second-order valence-electron chi connectivity index (χ2n) is 3.64. The van der Waals surface area contributed by atoms with E-state index in [1.165, 1.54) is 15.6 Å². The van der Waals surface area contributed by atoms with E-state index >= 15 is 0 Å². The third-order valence-electron chi connectivity index (χ3n) is 2.45. The Kier molecular flexibility index (Phi) is 4.59. The zero-order valence-corrected chi connectivity index (χ0v) is 13.0. The number of thiophene rings is 1. The molecule has 0 bridgehead atoms. The molecule has 0 radical (unpaired) electrons. The van der Waals surface area contributed by atoms with Gasteiger partial charge in [0.05, 0.1) is 5.33 Å². The van der Waals surface area contributed by atoms with Crippen LogP contribution >= 0.6 is 43.2 Å². The number of rotatable bonds is 4. The average Bonchev–Trinajstić information content (AvgIpc) is 2.72. The Morgan fingerprint density at radius 2 is 2.24 bits per heavy atom. The van der Waals surface area contributed by atoms with E-state index in [0.717, 1.165) is 10.9 Å². The molecule has 5 heteroatoms. The number of fused-ring (bicyclic) bond motifs is 1. The van der Waals surface area contributed by atoms with Crippen molar-refractivity contribution in [2.75, 3.05) is 11.9 Å². The fourth-order valence-corrected chi connectivity index (χ4v) is 3.17. The average molecular weight is 377 g/mol. The highest BCUT2D eigenvalue weighted by molar-refractivity contribution is 9.10. The molecule has 0 fully saturated rings. The van der Waals surface area contributed by atoms with Crippen molar-refractivity contribution in [3.63, 3.8) is 0 Å². The van der Waals surface area contributed by atoms with Crippen LogP contribution in [-0.2, 0) is 11.2 Å². The normalized spacial score (nSPS) is 10.7. The molecular formula is C12H11Br2NOS. The number of amides is 1. The molecule has 0 saturated carbocycles. The lowest BCUT2D eigenvalue weighted by Crippen LogP contribution is -2.26. The number of hydrogen-bond donors (Lipinski definition) is 1. The molecule has 2 nitrogen and oxygen atoms in total. The quantitative estimate of drug-likeness (QED) is 0.809. The first-order chi connectivity index (χ1) is 8.20. The van der Waals surface area contributed by atoms with Gasteiger partial charge >= 0.3 is 0 Å². The lowest BCUT2D eigenvalue weighted by atomic mass is 10.1. The van der Waals surface area contributed by atoms with Crippen molar-refractivity contribution in [3.05, 3.63) is 33.6 Å². The monoisotopic (exact) mass is 375 g/mol. The van der Waals surface area contributed by atoms with Gasteiger partial charge in [-0.15, -0.1) is 11.3 Å². The molecule has 0 aliphatic heterocycles. The smallest absolute Gasteiger partial charge is 0.230 e. The lowest BCUT2D eigenvalue weighted by Gasteiger charge is -2.02. The van der Waals surface area contributed by atoms with Crippen LogP contribution in [-0.4, -0.2) is 17.8 Å². The summed E-state index contributed by atoms with van der Waals surface area (Å²) in [7, 11) is 0. The van der Waals surface area contributed by atoms with Crippen molar-refractivity contribution >= 4 is 59.2 Å². The maximum absolute atomic E-state index is 11.1. The number of hydrogen-bond acceptors (Lipinski definition) is 2. The molecule has 0 saturated heterocycles. The van der Waals surface area contributed by atoms with Crippen molar-refractivity contribution in [1.29, 1.82) is 0 Å². The van der Waals surface area contributed by atoms with E-state index < -0.39 is 0 Å². The molecule has 17 heavy (non-hydrogen) atoms. The van der Waals surface area contributed by atoms with Gasteiger partial charge in [-0.2, -0.15) is 0 Å². The fourth-order valence-electron chi connectivity index (χ4n) is 1.63. The van der Waals surface area contributed by atoms with Crippen LogP contribution in [0.4, 0.5) is 0 Å². The second kappa shape index (κ2) is 5.98. The Labute approximate surface area is 121 Å². The lowest BCUT2D eigenvalue weighted by molar-refractivity contribution is -0.118. The molecule has 0 aliphatic carbocycles. The van der Waals surface area contributed by atoms with Gasteiger partial charge < -0.3 is 5.32 Å². The number of carbonyl (C=O) groups is 1. The van der Waals surface area contributed by atoms with Crippen LogP contribution in [0.25, 0.3) is 10.1 Å². The molecule has 0 unspecified atom stereocenters. The van der Waals surface area contributed by atoms with Crippen LogP contribution in [0, 0.1) is 0 Å². The SMILES string of the molecule is O=C(CBr)NCCc1csc2ccc(Br)cc12. The summed E-state index contributed by atoms with van der Waals surface area (Å²) in [6, 6.07) is 6.30. The molecule has 2 aromatic rings. The second-order valence-corrected chi connectivity index (χ2v) is 6.02. The van der Waals surface area contributed by atoms with Crippen LogP contribution in [0.3, 0.4) is 0 Å². The molecule has 1 aromatic heterocycles. The third-order valence-corrected chi connectivity index (χ3v) is 4.47. The van der Waals surface area contributed by atoms with E-state index in [4.69, 9.17) is 0 Å². The van der Waals surface area contributed by atoms with Gasteiger partial charge in [-0.3, -0.25) is 4.79 Å². The van der Waals surface area contributed by atoms with Gasteiger partial charge in [0.15, 0.2) is 0 Å². The molecule has 1 N–H and O–H groups in total. The third kappa shape index (κ3) is 3.30. The van der Waals surface area contributed by atoms with Crippen LogP contribution in [0.2, 0.25) is 0 Å². The zero-order valence-electron chi connectivity index (χ0n) is 9.00. The van der Waals surface area contributed by atoms with E-state index in [2.05, 4.69) is 60.8 Å². The van der Waals surface area contributed by atoms with Crippen molar-refractivity contribution < 1.29 is 4.79 Å². The molecule has 1 aromatic carbocycles. The van der Waals surface area contributed by atoms with E-state index in [0.29, 0.717) is 11.9 Å². The summed E-state index contributed by atoms with van der Waals surface area (Å²) in [5.41, 5.74) is 1.29. The maximum Gasteiger partial charge on any atom is 0.230 e. The molecule has 2 rings (SSSR count). The summed E-state index contributed by atoms with van der Waals surface area (Å²) in [6.45, 7) is 0.683. The number of halogens is 2. The van der Waals surface area contributed by atoms with Crippen molar-refractivity contribution in [1.82, 2.24) is 5.32 Å². The van der Waals surface area contributed by atoms with Gasteiger partial charge in [0, 0.05) is 15.7 Å². The number of carbonyl (C=O) groups excluding carboxylic acids is 1. The molecule has 0 atom stereocenters. The number of benzene rings is 1. The van der Waals surface area contributed by atoms with Gasteiger partial charge in [-0.25, -0.2) is 0 Å². The highest BCUT2D eigenvalue weighted by Gasteiger charge is 2.05. The Morgan fingerprint density at radius 1 is 1.41 bits per heavy atom. The van der Waals surface area contributed by atoms with Crippen LogP contribution in [0.5, 0.6) is 0 Å². The number of nitrogens with one attached hydrogen (secondary N) is 1. The largest absolute Gasteiger partial charge is 0.355 e. The molecular weight excluding hydrogens is 366 g/mol. The molecule has 1 heterocycles. The molecule has 1 amide bonds. The summed E-state index contributed by atoms with van der Waals surface area (Å²) in [6.07, 6.45) is 0.870. The molecule has 90 valence electrons. The van der Waals surface area contributed by atoms with Gasteiger partial charge in [0.2, 0.25) is 5.91 Å². The predicted octanol–water partition coefficient (Wildman–Crippen LogP) is 3.72. The minimum atomic E-state index is 0.0331. The summed E-state index contributed by atoms with van der Waals surface area (Å²) in [4.78, 5) is 11.1. The van der Waals surface area contributed by atoms with Crippen LogP contribution in [0.15, 0.2) is 28.1 Å². The Balaban J connectivity index is 2.08. The van der Waals surface area contributed by atoms with Gasteiger partial charge in [-0.1, -0.05) is 31.9 Å². The maximum atomic E-state index is 11.1. The first-order valence-electron chi connectivity index (χ1n) is 5.19. The van der Waals surface area contributed by atoms with Crippen molar-refractivity contribution in [2.45, 2.75) is 6.42 Å². The summed E-state index contributed by atoms with van der Waals surface area (Å²) in [5.74, 6) is 0.0331. The van der Waals surface area contributed by atoms with Gasteiger partial charge in [0.25, 0.3) is 0 Å². The van der Waals surface area contributed by atoms with E-state index in [1.54, 1.807) is 11.3 Å². The van der Waals surface area contributed by atoms with E-state index in [9.17, 15) is 4.79 Å². The van der Waals surface area contributed by atoms with E-state index in [1.807, 2.05) is 0 Å². The summed E-state index contributed by atoms with van der Waals surface area (Å²) >= 11 is 8.35. The molecule has 0 spiro atoms. The van der Waals surface area contributed by atoms with Gasteiger partial charge in [-0.05, 0) is 40.9 Å². The standard InChI is InChI=1S/C12H11Br2NOS/c13-6-12(16)15-4-3-8-7-17-11-2-1-9(14)5-10(8)11/h1-2,5,7H,3-4,6H2,(H,15,16). The minimum absolute atomic E-state index is 0.0331. The van der Waals surface area contributed by atoms with Crippen molar-refractivity contribution in [2.24, 2.45) is 0 Å². The first-order valence-corrected chi connectivity index (χ1v) is 7.98. The summed E-state index contributed by atoms with van der Waals surface area (Å²) < 4.78 is 2.38. The van der Waals surface area contributed by atoms with Crippen LogP contribution < -0.4 is 5.32 Å². The zero-order chi connectivity index (χ0) is 12.3. The highest BCUT2D eigenvalue weighted by Crippen LogP contribution is 2.28. The topological polar surface area (TPSA) is 29.1 Å². The minimum Gasteiger partial charge on any atom is -0.355 e. The summed E-state index contributed by atoms with van der Waals surface area (Å²) in [5, 5.41) is 6.66. The first kappa shape index (κ1) is 13.1.